The molecule has 8 heteroatoms. The third-order valence-corrected chi connectivity index (χ3v) is 1.89. The minimum atomic E-state index is -5.05. The third-order valence-electron chi connectivity index (χ3n) is 1.89. The maximum Gasteiger partial charge on any atom is 0.420 e. The van der Waals surface area contributed by atoms with Gasteiger partial charge in [0, 0.05) is 0 Å². The first kappa shape index (κ1) is 13.5. The van der Waals surface area contributed by atoms with E-state index in [1.807, 2.05) is 0 Å². The highest BCUT2D eigenvalue weighted by atomic mass is 19.4. The molecule has 0 aromatic heterocycles. The average molecular weight is 260 g/mol. The van der Waals surface area contributed by atoms with Crippen LogP contribution in [0.15, 0.2) is 12.1 Å². The van der Waals surface area contributed by atoms with Crippen LogP contribution < -0.4 is 4.74 Å². The van der Waals surface area contributed by atoms with Crippen LogP contribution in [0.25, 0.3) is 0 Å². The summed E-state index contributed by atoms with van der Waals surface area (Å²) in [7, 11) is 0.691. The molecule has 0 heterocycles. The van der Waals surface area contributed by atoms with Crippen molar-refractivity contribution < 1.29 is 36.2 Å². The van der Waals surface area contributed by atoms with Gasteiger partial charge in [-0.15, -0.1) is 0 Å². The minimum absolute atomic E-state index is 0.175. The molecule has 0 spiro atoms. The molecule has 96 valence electrons. The number of phenolic OH excluding ortho intramolecular Hbond substituents is 1. The van der Waals surface area contributed by atoms with E-state index < -0.39 is 35.0 Å². The summed E-state index contributed by atoms with van der Waals surface area (Å²) in [6.45, 7) is 0. The summed E-state index contributed by atoms with van der Waals surface area (Å²) in [4.78, 5) is 0. The van der Waals surface area contributed by atoms with Gasteiger partial charge in [-0.2, -0.15) is 26.3 Å². The van der Waals surface area contributed by atoms with E-state index in [0.29, 0.717) is 7.11 Å². The fourth-order valence-corrected chi connectivity index (χ4v) is 1.25. The van der Waals surface area contributed by atoms with Gasteiger partial charge < -0.3 is 9.84 Å². The summed E-state index contributed by atoms with van der Waals surface area (Å²) in [5.41, 5.74) is -3.35. The summed E-state index contributed by atoms with van der Waals surface area (Å²) in [5.74, 6) is -2.49. The van der Waals surface area contributed by atoms with E-state index in [0.717, 1.165) is 0 Å². The number of rotatable bonds is 1. The van der Waals surface area contributed by atoms with Crippen LogP contribution in [0.1, 0.15) is 11.1 Å². The molecule has 0 amide bonds. The molecule has 0 saturated heterocycles. The molecule has 1 aromatic carbocycles. The van der Waals surface area contributed by atoms with E-state index in [4.69, 9.17) is 5.11 Å². The van der Waals surface area contributed by atoms with Gasteiger partial charge in [0.25, 0.3) is 0 Å². The highest BCUT2D eigenvalue weighted by molar-refractivity contribution is 5.49. The topological polar surface area (TPSA) is 29.5 Å². The molecular formula is C9H6F6O2. The lowest BCUT2D eigenvalue weighted by Crippen LogP contribution is -2.14. The second-order valence-corrected chi connectivity index (χ2v) is 3.07. The lowest BCUT2D eigenvalue weighted by Gasteiger charge is -2.17. The Hall–Kier alpha value is -1.60. The molecule has 0 aliphatic carbocycles. The average Bonchev–Trinajstić information content (AvgIpc) is 2.13. The highest BCUT2D eigenvalue weighted by Crippen LogP contribution is 2.45. The predicted octanol–water partition coefficient (Wildman–Crippen LogP) is 3.44. The molecule has 17 heavy (non-hydrogen) atoms. The van der Waals surface area contributed by atoms with Gasteiger partial charge in [-0.1, -0.05) is 0 Å². The smallest absolute Gasteiger partial charge is 0.420 e. The van der Waals surface area contributed by atoms with Crippen LogP contribution in [0.3, 0.4) is 0 Å². The molecule has 1 rings (SSSR count). The molecule has 0 bridgehead atoms. The second-order valence-electron chi connectivity index (χ2n) is 3.07. The Morgan fingerprint density at radius 1 is 0.941 bits per heavy atom. The van der Waals surface area contributed by atoms with E-state index in [1.165, 1.54) is 0 Å². The summed E-state index contributed by atoms with van der Waals surface area (Å²) in [5, 5.41) is 8.88. The van der Waals surface area contributed by atoms with Crippen molar-refractivity contribution in [2.24, 2.45) is 0 Å². The SMILES string of the molecule is COc1c(C(F)(F)F)cc(O)cc1C(F)(F)F. The molecular weight excluding hydrogens is 254 g/mol. The maximum absolute atomic E-state index is 12.4. The molecule has 0 fully saturated rings. The first-order valence-electron chi connectivity index (χ1n) is 4.12. The van der Waals surface area contributed by atoms with Crippen molar-refractivity contribution >= 4 is 0 Å². The number of hydrogen-bond acceptors (Lipinski definition) is 2. The monoisotopic (exact) mass is 260 g/mol. The largest absolute Gasteiger partial charge is 0.508 e. The van der Waals surface area contributed by atoms with Crippen LogP contribution in [-0.4, -0.2) is 12.2 Å². The number of methoxy groups -OCH3 is 1. The number of alkyl halides is 6. The Morgan fingerprint density at radius 3 is 1.53 bits per heavy atom. The van der Waals surface area contributed by atoms with Crippen LogP contribution in [0.4, 0.5) is 26.3 Å². The van der Waals surface area contributed by atoms with E-state index >= 15 is 0 Å². The third kappa shape index (κ3) is 2.75. The quantitative estimate of drug-likeness (QED) is 0.784. The van der Waals surface area contributed by atoms with Crippen molar-refractivity contribution in [1.29, 1.82) is 0 Å². The number of halogens is 6. The van der Waals surface area contributed by atoms with Crippen molar-refractivity contribution in [3.8, 4) is 11.5 Å². The zero-order chi connectivity index (χ0) is 13.4. The van der Waals surface area contributed by atoms with Crippen molar-refractivity contribution in [3.63, 3.8) is 0 Å². The van der Waals surface area contributed by atoms with E-state index in [-0.39, 0.29) is 12.1 Å². The zero-order valence-corrected chi connectivity index (χ0v) is 8.28. The van der Waals surface area contributed by atoms with Crippen molar-refractivity contribution in [3.05, 3.63) is 23.3 Å². The van der Waals surface area contributed by atoms with Crippen LogP contribution in [0, 0.1) is 0 Å². The molecule has 2 nitrogen and oxygen atoms in total. The first-order valence-corrected chi connectivity index (χ1v) is 4.12. The summed E-state index contributed by atoms with van der Waals surface area (Å²) in [6, 6.07) is 0.349. The van der Waals surface area contributed by atoms with Crippen molar-refractivity contribution in [2.45, 2.75) is 12.4 Å². The van der Waals surface area contributed by atoms with Crippen LogP contribution in [0.5, 0.6) is 11.5 Å². The van der Waals surface area contributed by atoms with E-state index in [2.05, 4.69) is 4.74 Å². The Morgan fingerprint density at radius 2 is 1.29 bits per heavy atom. The van der Waals surface area contributed by atoms with Gasteiger partial charge in [-0.25, -0.2) is 0 Å². The normalized spacial score (nSPS) is 12.6. The Labute approximate surface area is 91.4 Å². The fraction of sp³-hybridized carbons (Fsp3) is 0.333. The lowest BCUT2D eigenvalue weighted by atomic mass is 10.1. The van der Waals surface area contributed by atoms with Crippen LogP contribution >= 0.6 is 0 Å². The van der Waals surface area contributed by atoms with Gasteiger partial charge in [-0.05, 0) is 12.1 Å². The first-order chi connectivity index (χ1) is 7.57. The number of hydrogen-bond donors (Lipinski definition) is 1. The van der Waals surface area contributed by atoms with Crippen LogP contribution in [0.2, 0.25) is 0 Å². The molecule has 0 unspecified atom stereocenters. The number of benzene rings is 1. The van der Waals surface area contributed by atoms with Gasteiger partial charge in [0.1, 0.15) is 22.6 Å². The van der Waals surface area contributed by atoms with Gasteiger partial charge in [0.15, 0.2) is 0 Å². The fourth-order valence-electron chi connectivity index (χ4n) is 1.25. The van der Waals surface area contributed by atoms with Gasteiger partial charge in [-0.3, -0.25) is 0 Å². The number of ether oxygens (including phenoxy) is 1. The van der Waals surface area contributed by atoms with Gasteiger partial charge >= 0.3 is 12.4 Å². The number of phenols is 1. The number of aromatic hydroxyl groups is 1. The van der Waals surface area contributed by atoms with E-state index in [9.17, 15) is 26.3 Å². The summed E-state index contributed by atoms with van der Waals surface area (Å²) < 4.78 is 78.7. The van der Waals surface area contributed by atoms with Crippen molar-refractivity contribution in [2.75, 3.05) is 7.11 Å². The minimum Gasteiger partial charge on any atom is -0.508 e. The molecule has 0 atom stereocenters. The molecule has 1 aromatic rings. The molecule has 0 radical (unpaired) electrons. The van der Waals surface area contributed by atoms with Gasteiger partial charge in [0.2, 0.25) is 0 Å². The molecule has 1 N–H and O–H groups in total. The second kappa shape index (κ2) is 4.01. The lowest BCUT2D eigenvalue weighted by molar-refractivity contribution is -0.145. The molecule has 0 aliphatic rings. The molecule has 0 saturated carbocycles. The van der Waals surface area contributed by atoms with Crippen molar-refractivity contribution in [1.82, 2.24) is 0 Å². The Bertz CT molecular complexity index is 385. The van der Waals surface area contributed by atoms with Gasteiger partial charge in [0.05, 0.1) is 7.11 Å². The zero-order valence-electron chi connectivity index (χ0n) is 8.28. The standard InChI is InChI=1S/C9H6F6O2/c1-17-7-5(8(10,11)12)2-4(16)3-6(7)9(13,14)15/h2-3,16H,1H3. The van der Waals surface area contributed by atoms with E-state index in [1.54, 1.807) is 0 Å². The Balaban J connectivity index is 3.58. The Kier molecular flexibility index (Phi) is 3.17. The molecule has 0 aliphatic heterocycles. The highest BCUT2D eigenvalue weighted by Gasteiger charge is 2.42. The summed E-state index contributed by atoms with van der Waals surface area (Å²) in [6.07, 6.45) is -10.1. The predicted molar refractivity (Wildman–Crippen MR) is 44.7 cm³/mol. The summed E-state index contributed by atoms with van der Waals surface area (Å²) >= 11 is 0. The maximum atomic E-state index is 12.4. The van der Waals surface area contributed by atoms with Crippen LogP contribution in [-0.2, 0) is 12.4 Å².